The minimum Gasteiger partial charge on any atom is -0.486 e. The predicted octanol–water partition coefficient (Wildman–Crippen LogP) is 5.96. The maximum absolute atomic E-state index is 12.9. The van der Waals surface area contributed by atoms with E-state index in [9.17, 15) is 22.8 Å². The first-order chi connectivity index (χ1) is 20.8. The molecule has 43 heavy (non-hydrogen) atoms. The van der Waals surface area contributed by atoms with Gasteiger partial charge in [-0.25, -0.2) is 4.79 Å². The standard InChI is InChI=1S/C33H30F3NO6/c34-33(35,36)32(39)43-31(29(38)21-40-26-8-2-1-3-9-26)42-27-14-12-24(13-15-27)28-16-17-37-19-30(28)41-20-22-10-11-23-6-4-5-7-25(23)18-22/h1-15,18,28,30-31,37H,16-17,19-21H2. The molecule has 224 valence electrons. The number of ketones is 1. The lowest BCUT2D eigenvalue weighted by Crippen LogP contribution is -2.41. The van der Waals surface area contributed by atoms with Crippen LogP contribution in [0.5, 0.6) is 11.5 Å². The Labute approximate surface area is 246 Å². The van der Waals surface area contributed by atoms with Crippen molar-refractivity contribution in [3.05, 3.63) is 108 Å². The zero-order valence-electron chi connectivity index (χ0n) is 23.1. The fraction of sp³-hybridized carbons (Fsp3) is 0.273. The van der Waals surface area contributed by atoms with Crippen LogP contribution in [0, 0.1) is 0 Å². The highest BCUT2D eigenvalue weighted by Gasteiger charge is 2.44. The number of piperidine rings is 1. The first-order valence-corrected chi connectivity index (χ1v) is 13.8. The van der Waals surface area contributed by atoms with E-state index in [0.29, 0.717) is 18.9 Å². The molecule has 1 N–H and O–H groups in total. The number of nitrogens with one attached hydrogen (secondary N) is 1. The number of Topliss-reactive ketones (excluding diaryl/α,β-unsaturated/α-hetero) is 1. The van der Waals surface area contributed by atoms with E-state index >= 15 is 0 Å². The van der Waals surface area contributed by atoms with Gasteiger partial charge in [0.25, 0.3) is 5.78 Å². The molecule has 4 aromatic carbocycles. The fourth-order valence-corrected chi connectivity index (χ4v) is 4.89. The second kappa shape index (κ2) is 13.7. The molecule has 10 heteroatoms. The molecule has 3 unspecified atom stereocenters. The molecule has 7 nitrogen and oxygen atoms in total. The van der Waals surface area contributed by atoms with Crippen LogP contribution in [0.25, 0.3) is 10.8 Å². The Morgan fingerprint density at radius 3 is 2.33 bits per heavy atom. The number of hydrogen-bond donors (Lipinski definition) is 1. The molecule has 4 aromatic rings. The molecule has 1 aliphatic rings. The van der Waals surface area contributed by atoms with E-state index in [1.807, 2.05) is 18.2 Å². The lowest BCUT2D eigenvalue weighted by Gasteiger charge is -2.32. The van der Waals surface area contributed by atoms with Crippen molar-refractivity contribution in [1.29, 1.82) is 0 Å². The molecule has 1 fully saturated rings. The van der Waals surface area contributed by atoms with E-state index < -0.39 is 30.8 Å². The second-order valence-electron chi connectivity index (χ2n) is 10.1. The predicted molar refractivity (Wildman–Crippen MR) is 153 cm³/mol. The number of benzene rings is 4. The van der Waals surface area contributed by atoms with Crippen molar-refractivity contribution < 1.29 is 41.7 Å². The third-order valence-corrected chi connectivity index (χ3v) is 7.09. The fourth-order valence-electron chi connectivity index (χ4n) is 4.89. The number of rotatable bonds is 11. The first kappa shape index (κ1) is 30.1. The van der Waals surface area contributed by atoms with Gasteiger partial charge >= 0.3 is 18.4 Å². The molecule has 0 saturated carbocycles. The Morgan fingerprint density at radius 2 is 1.58 bits per heavy atom. The van der Waals surface area contributed by atoms with E-state index in [-0.39, 0.29) is 17.8 Å². The Bertz CT molecular complexity index is 1530. The molecule has 1 saturated heterocycles. The summed E-state index contributed by atoms with van der Waals surface area (Å²) in [5, 5.41) is 5.66. The first-order valence-electron chi connectivity index (χ1n) is 13.8. The van der Waals surface area contributed by atoms with Gasteiger partial charge in [-0.05, 0) is 65.2 Å². The molecule has 0 aliphatic carbocycles. The number of halogens is 3. The maximum atomic E-state index is 12.9. The average Bonchev–Trinajstić information content (AvgIpc) is 3.02. The monoisotopic (exact) mass is 593 g/mol. The summed E-state index contributed by atoms with van der Waals surface area (Å²) in [5.41, 5.74) is 2.01. The minimum absolute atomic E-state index is 0.0514. The Kier molecular flexibility index (Phi) is 9.58. The highest BCUT2D eigenvalue weighted by molar-refractivity contribution is 5.87. The number of alkyl halides is 3. The number of carbonyl (C=O) groups is 2. The van der Waals surface area contributed by atoms with Gasteiger partial charge in [0.1, 0.15) is 11.5 Å². The van der Waals surface area contributed by atoms with Crippen LogP contribution in [0.4, 0.5) is 13.2 Å². The molecular formula is C33H30F3NO6. The largest absolute Gasteiger partial charge is 0.491 e. The molecule has 0 amide bonds. The summed E-state index contributed by atoms with van der Waals surface area (Å²) in [5.74, 6) is -3.11. The summed E-state index contributed by atoms with van der Waals surface area (Å²) in [6.07, 6.45) is -6.77. The quantitative estimate of drug-likeness (QED) is 0.170. The molecule has 5 rings (SSSR count). The molecule has 0 aromatic heterocycles. The van der Waals surface area contributed by atoms with Gasteiger partial charge < -0.3 is 24.3 Å². The molecule has 0 radical (unpaired) electrons. The lowest BCUT2D eigenvalue weighted by atomic mass is 9.87. The van der Waals surface area contributed by atoms with Crippen molar-refractivity contribution in [3.8, 4) is 11.5 Å². The van der Waals surface area contributed by atoms with Crippen LogP contribution in [0.2, 0.25) is 0 Å². The van der Waals surface area contributed by atoms with Crippen molar-refractivity contribution in [1.82, 2.24) is 5.32 Å². The number of hydrogen-bond acceptors (Lipinski definition) is 7. The SMILES string of the molecule is O=C(COc1ccccc1)C(OC(=O)C(F)(F)F)Oc1ccc(C2CCNCC2OCc2ccc3ccccc3c2)cc1. The third kappa shape index (κ3) is 8.12. The van der Waals surface area contributed by atoms with E-state index in [1.54, 1.807) is 42.5 Å². The minimum atomic E-state index is -5.30. The van der Waals surface area contributed by atoms with Gasteiger partial charge in [-0.3, -0.25) is 4.79 Å². The lowest BCUT2D eigenvalue weighted by molar-refractivity contribution is -0.216. The average molecular weight is 594 g/mol. The number of para-hydroxylation sites is 1. The van der Waals surface area contributed by atoms with Gasteiger partial charge in [0.05, 0.1) is 12.7 Å². The zero-order chi connectivity index (χ0) is 30.2. The summed E-state index contributed by atoms with van der Waals surface area (Å²) in [4.78, 5) is 24.2. The summed E-state index contributed by atoms with van der Waals surface area (Å²) >= 11 is 0. The van der Waals surface area contributed by atoms with E-state index in [0.717, 1.165) is 34.9 Å². The number of esters is 1. The van der Waals surface area contributed by atoms with Crippen LogP contribution < -0.4 is 14.8 Å². The Hall–Kier alpha value is -4.41. The number of carbonyl (C=O) groups excluding carboxylic acids is 2. The maximum Gasteiger partial charge on any atom is 0.491 e. The van der Waals surface area contributed by atoms with Crippen molar-refractivity contribution in [2.75, 3.05) is 19.7 Å². The van der Waals surface area contributed by atoms with Crippen LogP contribution in [0.1, 0.15) is 23.5 Å². The van der Waals surface area contributed by atoms with Crippen LogP contribution >= 0.6 is 0 Å². The Balaban J connectivity index is 1.24. The zero-order valence-corrected chi connectivity index (χ0v) is 23.1. The summed E-state index contributed by atoms with van der Waals surface area (Å²) in [6, 6.07) is 29.2. The van der Waals surface area contributed by atoms with E-state index in [2.05, 4.69) is 34.3 Å². The van der Waals surface area contributed by atoms with Gasteiger partial charge in [-0.15, -0.1) is 0 Å². The molecule has 3 atom stereocenters. The molecule has 0 spiro atoms. The van der Waals surface area contributed by atoms with Crippen molar-refractivity contribution in [2.45, 2.75) is 37.5 Å². The molecule has 1 aliphatic heterocycles. The highest BCUT2D eigenvalue weighted by Crippen LogP contribution is 2.30. The second-order valence-corrected chi connectivity index (χ2v) is 10.1. The highest BCUT2D eigenvalue weighted by atomic mass is 19.4. The topological polar surface area (TPSA) is 83.1 Å². The summed E-state index contributed by atoms with van der Waals surface area (Å²) in [6.45, 7) is 1.23. The normalized spacial score (nSPS) is 17.7. The van der Waals surface area contributed by atoms with Crippen LogP contribution in [-0.2, 0) is 25.7 Å². The van der Waals surface area contributed by atoms with Crippen molar-refractivity contribution in [3.63, 3.8) is 0 Å². The summed E-state index contributed by atoms with van der Waals surface area (Å²) < 4.78 is 60.2. The van der Waals surface area contributed by atoms with Gasteiger partial charge in [0.15, 0.2) is 6.61 Å². The van der Waals surface area contributed by atoms with Crippen molar-refractivity contribution >= 4 is 22.5 Å². The smallest absolute Gasteiger partial charge is 0.486 e. The van der Waals surface area contributed by atoms with Crippen LogP contribution in [0.3, 0.4) is 0 Å². The van der Waals surface area contributed by atoms with Gasteiger partial charge in [0, 0.05) is 12.5 Å². The van der Waals surface area contributed by atoms with E-state index in [4.69, 9.17) is 14.2 Å². The molecule has 0 bridgehead atoms. The van der Waals surface area contributed by atoms with Gasteiger partial charge in [-0.2, -0.15) is 13.2 Å². The van der Waals surface area contributed by atoms with E-state index in [1.165, 1.54) is 12.1 Å². The van der Waals surface area contributed by atoms with Crippen LogP contribution in [-0.4, -0.2) is 50.0 Å². The molecular weight excluding hydrogens is 563 g/mol. The summed E-state index contributed by atoms with van der Waals surface area (Å²) in [7, 11) is 0. The molecule has 1 heterocycles. The van der Waals surface area contributed by atoms with Gasteiger partial charge in [0.2, 0.25) is 0 Å². The number of fused-ring (bicyclic) bond motifs is 1. The van der Waals surface area contributed by atoms with Crippen molar-refractivity contribution in [2.24, 2.45) is 0 Å². The number of ether oxygens (including phenoxy) is 4. The Morgan fingerprint density at radius 1 is 0.860 bits per heavy atom. The van der Waals surface area contributed by atoms with Gasteiger partial charge in [-0.1, -0.05) is 66.7 Å². The third-order valence-electron chi connectivity index (χ3n) is 7.09. The van der Waals surface area contributed by atoms with Crippen LogP contribution in [0.15, 0.2) is 97.1 Å².